The second-order valence-electron chi connectivity index (χ2n) is 5.39. The minimum absolute atomic E-state index is 0.446. The zero-order chi connectivity index (χ0) is 12.3. The minimum atomic E-state index is 0.446. The van der Waals surface area contributed by atoms with E-state index < -0.39 is 0 Å². The van der Waals surface area contributed by atoms with Crippen LogP contribution >= 0.6 is 0 Å². The molecule has 17 heavy (non-hydrogen) atoms. The van der Waals surface area contributed by atoms with Crippen LogP contribution in [0.4, 0.5) is 0 Å². The standard InChI is InChI=1S/C15H23NO/c1-11(2)12-6-7-15(17)13(9-12)10-14-5-3-4-8-16-14/h6-7,9,11,14,16-17H,3-5,8,10H2,1-2H3. The molecule has 2 N–H and O–H groups in total. The van der Waals surface area contributed by atoms with Gasteiger partial charge in [0, 0.05) is 6.04 Å². The number of hydrogen-bond donors (Lipinski definition) is 2. The third kappa shape index (κ3) is 3.22. The zero-order valence-electron chi connectivity index (χ0n) is 10.9. The molecular formula is C15H23NO. The number of phenolic OH excluding ortho intramolecular Hbond substituents is 1. The van der Waals surface area contributed by atoms with Crippen LogP contribution in [-0.2, 0) is 6.42 Å². The summed E-state index contributed by atoms with van der Waals surface area (Å²) in [6.45, 7) is 5.50. The van der Waals surface area contributed by atoms with Gasteiger partial charge in [0.1, 0.15) is 5.75 Å². The molecule has 2 nitrogen and oxygen atoms in total. The van der Waals surface area contributed by atoms with E-state index in [1.807, 2.05) is 12.1 Å². The van der Waals surface area contributed by atoms with E-state index in [4.69, 9.17) is 0 Å². The fourth-order valence-corrected chi connectivity index (χ4v) is 2.49. The van der Waals surface area contributed by atoms with E-state index in [1.54, 1.807) is 0 Å². The lowest BCUT2D eigenvalue weighted by molar-refractivity contribution is 0.391. The van der Waals surface area contributed by atoms with Gasteiger partial charge in [-0.2, -0.15) is 0 Å². The quantitative estimate of drug-likeness (QED) is 0.840. The smallest absolute Gasteiger partial charge is 0.118 e. The maximum Gasteiger partial charge on any atom is 0.118 e. The van der Waals surface area contributed by atoms with E-state index >= 15 is 0 Å². The van der Waals surface area contributed by atoms with Gasteiger partial charge in [0.15, 0.2) is 0 Å². The van der Waals surface area contributed by atoms with Crippen LogP contribution in [0.1, 0.15) is 50.2 Å². The normalized spacial score (nSPS) is 20.8. The molecule has 1 fully saturated rings. The molecule has 0 aromatic heterocycles. The Balaban J connectivity index is 2.10. The van der Waals surface area contributed by atoms with Gasteiger partial charge in [0.05, 0.1) is 0 Å². The van der Waals surface area contributed by atoms with Gasteiger partial charge in [-0.25, -0.2) is 0 Å². The van der Waals surface area contributed by atoms with Crippen LogP contribution in [0.25, 0.3) is 0 Å². The van der Waals surface area contributed by atoms with Crippen molar-refractivity contribution in [3.05, 3.63) is 29.3 Å². The number of hydrogen-bond acceptors (Lipinski definition) is 2. The van der Waals surface area contributed by atoms with Gasteiger partial charge in [-0.15, -0.1) is 0 Å². The second-order valence-corrected chi connectivity index (χ2v) is 5.39. The maximum absolute atomic E-state index is 9.92. The largest absolute Gasteiger partial charge is 0.508 e. The fraction of sp³-hybridized carbons (Fsp3) is 0.600. The molecule has 0 radical (unpaired) electrons. The molecule has 0 bridgehead atoms. The highest BCUT2D eigenvalue weighted by Gasteiger charge is 2.15. The summed E-state index contributed by atoms with van der Waals surface area (Å²) in [5, 5.41) is 13.5. The van der Waals surface area contributed by atoms with Crippen molar-refractivity contribution in [1.29, 1.82) is 0 Å². The Bertz CT molecular complexity index is 367. The molecule has 2 rings (SSSR count). The maximum atomic E-state index is 9.92. The van der Waals surface area contributed by atoms with Gasteiger partial charge in [0.2, 0.25) is 0 Å². The topological polar surface area (TPSA) is 32.3 Å². The van der Waals surface area contributed by atoms with Crippen LogP contribution in [0.3, 0.4) is 0 Å². The fourth-order valence-electron chi connectivity index (χ4n) is 2.49. The molecule has 94 valence electrons. The van der Waals surface area contributed by atoms with Crippen molar-refractivity contribution in [1.82, 2.24) is 5.32 Å². The first-order valence-electron chi connectivity index (χ1n) is 6.72. The molecule has 0 spiro atoms. The molecule has 0 saturated carbocycles. The summed E-state index contributed by atoms with van der Waals surface area (Å²) in [5.74, 6) is 0.968. The zero-order valence-corrected chi connectivity index (χ0v) is 10.9. The lowest BCUT2D eigenvalue weighted by Crippen LogP contribution is -2.35. The summed E-state index contributed by atoms with van der Waals surface area (Å²) in [6.07, 6.45) is 4.77. The van der Waals surface area contributed by atoms with Crippen LogP contribution in [0.2, 0.25) is 0 Å². The summed E-state index contributed by atoms with van der Waals surface area (Å²) >= 11 is 0. The average molecular weight is 233 g/mol. The van der Waals surface area contributed by atoms with Gasteiger partial charge >= 0.3 is 0 Å². The lowest BCUT2D eigenvalue weighted by atomic mass is 9.94. The summed E-state index contributed by atoms with van der Waals surface area (Å²) < 4.78 is 0. The molecule has 1 saturated heterocycles. The van der Waals surface area contributed by atoms with Gasteiger partial charge < -0.3 is 10.4 Å². The number of phenols is 1. The van der Waals surface area contributed by atoms with Gasteiger partial charge in [-0.05, 0) is 48.9 Å². The summed E-state index contributed by atoms with van der Waals surface area (Å²) in [5.41, 5.74) is 2.41. The Morgan fingerprint density at radius 3 is 2.82 bits per heavy atom. The Hall–Kier alpha value is -1.02. The molecule has 1 aromatic rings. The Morgan fingerprint density at radius 2 is 2.18 bits per heavy atom. The van der Waals surface area contributed by atoms with Crippen molar-refractivity contribution in [3.8, 4) is 5.75 Å². The summed E-state index contributed by atoms with van der Waals surface area (Å²) in [6, 6.07) is 6.57. The van der Waals surface area contributed by atoms with Gasteiger partial charge in [-0.1, -0.05) is 32.4 Å². The third-order valence-electron chi connectivity index (χ3n) is 3.65. The first-order valence-corrected chi connectivity index (χ1v) is 6.72. The SMILES string of the molecule is CC(C)c1ccc(O)c(CC2CCCCN2)c1. The van der Waals surface area contributed by atoms with Crippen LogP contribution in [0, 0.1) is 0 Å². The Labute approximate surface area is 104 Å². The second kappa shape index (κ2) is 5.54. The predicted octanol–water partition coefficient (Wildman–Crippen LogP) is 3.20. The average Bonchev–Trinajstić information content (AvgIpc) is 2.33. The highest BCUT2D eigenvalue weighted by atomic mass is 16.3. The molecule has 0 amide bonds. The molecule has 1 heterocycles. The molecule has 0 aliphatic carbocycles. The highest BCUT2D eigenvalue weighted by Crippen LogP contribution is 2.25. The van der Waals surface area contributed by atoms with Crippen molar-refractivity contribution in [2.75, 3.05) is 6.54 Å². The Kier molecular flexibility index (Phi) is 4.06. The first-order chi connectivity index (χ1) is 8.16. The van der Waals surface area contributed by atoms with Crippen LogP contribution in [0.5, 0.6) is 5.75 Å². The van der Waals surface area contributed by atoms with E-state index in [0.717, 1.165) is 18.5 Å². The van der Waals surface area contributed by atoms with Crippen molar-refractivity contribution >= 4 is 0 Å². The number of aromatic hydroxyl groups is 1. The van der Waals surface area contributed by atoms with Crippen molar-refractivity contribution in [2.45, 2.75) is 51.5 Å². The van der Waals surface area contributed by atoms with E-state index in [1.165, 1.54) is 24.8 Å². The monoisotopic (exact) mass is 233 g/mol. The molecule has 1 unspecified atom stereocenters. The molecule has 1 aliphatic rings. The van der Waals surface area contributed by atoms with Crippen molar-refractivity contribution in [2.24, 2.45) is 0 Å². The molecule has 2 heteroatoms. The lowest BCUT2D eigenvalue weighted by Gasteiger charge is -2.24. The highest BCUT2D eigenvalue weighted by molar-refractivity contribution is 5.37. The molecule has 1 atom stereocenters. The van der Waals surface area contributed by atoms with Gasteiger partial charge in [-0.3, -0.25) is 0 Å². The van der Waals surface area contributed by atoms with Crippen molar-refractivity contribution in [3.63, 3.8) is 0 Å². The minimum Gasteiger partial charge on any atom is -0.508 e. The van der Waals surface area contributed by atoms with Crippen LogP contribution in [-0.4, -0.2) is 17.7 Å². The number of piperidine rings is 1. The predicted molar refractivity (Wildman–Crippen MR) is 71.5 cm³/mol. The van der Waals surface area contributed by atoms with E-state index in [9.17, 15) is 5.11 Å². The first kappa shape index (κ1) is 12.4. The van der Waals surface area contributed by atoms with E-state index in [0.29, 0.717) is 17.7 Å². The van der Waals surface area contributed by atoms with Gasteiger partial charge in [0.25, 0.3) is 0 Å². The van der Waals surface area contributed by atoms with Crippen LogP contribution in [0.15, 0.2) is 18.2 Å². The number of rotatable bonds is 3. The third-order valence-corrected chi connectivity index (χ3v) is 3.65. The van der Waals surface area contributed by atoms with E-state index in [-0.39, 0.29) is 0 Å². The number of nitrogens with one attached hydrogen (secondary N) is 1. The summed E-state index contributed by atoms with van der Waals surface area (Å²) in [7, 11) is 0. The number of benzene rings is 1. The molecule has 1 aromatic carbocycles. The molecule has 1 aliphatic heterocycles. The Morgan fingerprint density at radius 1 is 1.35 bits per heavy atom. The van der Waals surface area contributed by atoms with Crippen molar-refractivity contribution < 1.29 is 5.11 Å². The van der Waals surface area contributed by atoms with Crippen LogP contribution < -0.4 is 5.32 Å². The van der Waals surface area contributed by atoms with E-state index in [2.05, 4.69) is 25.2 Å². The molecular weight excluding hydrogens is 210 g/mol. The summed E-state index contributed by atoms with van der Waals surface area (Å²) in [4.78, 5) is 0.